The maximum absolute atomic E-state index is 9.29. The van der Waals surface area contributed by atoms with Crippen LogP contribution < -0.4 is 11.5 Å². The van der Waals surface area contributed by atoms with Gasteiger partial charge in [-0.15, -0.1) is 0 Å². The third-order valence-electron chi connectivity index (χ3n) is 4.74. The molecular formula is C24H19N7. The van der Waals surface area contributed by atoms with Crippen molar-refractivity contribution in [3.63, 3.8) is 0 Å². The molecule has 0 aliphatic carbocycles. The molecule has 0 bridgehead atoms. The molecule has 0 spiro atoms. The fraction of sp³-hybridized carbons (Fsp3) is 0.0417. The summed E-state index contributed by atoms with van der Waals surface area (Å²) in [5.74, 6) is 0.262. The third kappa shape index (κ3) is 4.23. The van der Waals surface area contributed by atoms with Crippen molar-refractivity contribution in [2.75, 3.05) is 11.5 Å². The highest BCUT2D eigenvalue weighted by Gasteiger charge is 2.18. The van der Waals surface area contributed by atoms with Gasteiger partial charge < -0.3 is 11.5 Å². The van der Waals surface area contributed by atoms with Gasteiger partial charge in [-0.05, 0) is 42.0 Å². The summed E-state index contributed by atoms with van der Waals surface area (Å²) in [6.07, 6.45) is 6.73. The van der Waals surface area contributed by atoms with Gasteiger partial charge in [-0.25, -0.2) is 4.98 Å². The average molecular weight is 405 g/mol. The van der Waals surface area contributed by atoms with E-state index in [-0.39, 0.29) is 5.82 Å². The molecule has 0 saturated heterocycles. The molecule has 4 N–H and O–H groups in total. The van der Waals surface area contributed by atoms with Gasteiger partial charge in [0.25, 0.3) is 0 Å². The van der Waals surface area contributed by atoms with E-state index in [4.69, 9.17) is 11.5 Å². The topological polar surface area (TPSA) is 127 Å². The smallest absolute Gasteiger partial charge is 0.135 e. The molecule has 4 rings (SSSR count). The Labute approximate surface area is 179 Å². The molecule has 0 fully saturated rings. The number of hydrogen-bond acceptors (Lipinski definition) is 7. The number of pyridine rings is 3. The summed E-state index contributed by atoms with van der Waals surface area (Å²) in [5, 5.41) is 9.29. The Bertz CT molecular complexity index is 1280. The molecule has 7 nitrogen and oxygen atoms in total. The summed E-state index contributed by atoms with van der Waals surface area (Å²) in [7, 11) is 0. The second-order valence-electron chi connectivity index (χ2n) is 6.77. The average Bonchev–Trinajstić information content (AvgIpc) is 2.82. The van der Waals surface area contributed by atoms with Gasteiger partial charge in [-0.3, -0.25) is 15.0 Å². The van der Waals surface area contributed by atoms with Gasteiger partial charge in [0.1, 0.15) is 5.82 Å². The predicted molar refractivity (Wildman–Crippen MR) is 122 cm³/mol. The van der Waals surface area contributed by atoms with E-state index >= 15 is 0 Å². The highest BCUT2D eigenvalue weighted by Crippen LogP contribution is 2.38. The minimum Gasteiger partial charge on any atom is -0.398 e. The minimum absolute atomic E-state index is 0.262. The number of anilines is 2. The molecule has 4 aromatic rings. The molecule has 0 aliphatic rings. The Balaban J connectivity index is 1.84. The van der Waals surface area contributed by atoms with Gasteiger partial charge in [0.05, 0.1) is 40.8 Å². The number of nitrogen functional groups attached to an aromatic ring is 2. The van der Waals surface area contributed by atoms with E-state index < -0.39 is 0 Å². The lowest BCUT2D eigenvalue weighted by Gasteiger charge is -2.16. The molecule has 3 aromatic heterocycles. The summed E-state index contributed by atoms with van der Waals surface area (Å²) >= 11 is 0. The number of rotatable bonds is 5. The Morgan fingerprint density at radius 1 is 0.968 bits per heavy atom. The summed E-state index contributed by atoms with van der Waals surface area (Å²) in [6.45, 7) is 0.399. The first-order valence-electron chi connectivity index (χ1n) is 9.57. The Morgan fingerprint density at radius 2 is 1.81 bits per heavy atom. The van der Waals surface area contributed by atoms with Crippen LogP contribution in [0.4, 0.5) is 11.5 Å². The lowest BCUT2D eigenvalue weighted by molar-refractivity contribution is 0.995. The zero-order valence-electron chi connectivity index (χ0n) is 16.6. The van der Waals surface area contributed by atoms with Crippen molar-refractivity contribution in [3.8, 4) is 28.5 Å². The van der Waals surface area contributed by atoms with Crippen molar-refractivity contribution in [1.29, 1.82) is 5.26 Å². The quantitative estimate of drug-likeness (QED) is 0.485. The molecule has 0 saturated carbocycles. The molecule has 0 atom stereocenters. The number of aromatic nitrogens is 3. The molecule has 0 amide bonds. The van der Waals surface area contributed by atoms with Crippen molar-refractivity contribution >= 4 is 17.7 Å². The van der Waals surface area contributed by atoms with Gasteiger partial charge in [0.15, 0.2) is 0 Å². The van der Waals surface area contributed by atoms with Gasteiger partial charge in [-0.2, -0.15) is 5.26 Å². The predicted octanol–water partition coefficient (Wildman–Crippen LogP) is 3.86. The highest BCUT2D eigenvalue weighted by molar-refractivity contribution is 6.02. The first-order chi connectivity index (χ1) is 15.2. The molecule has 150 valence electrons. The number of benzene rings is 1. The van der Waals surface area contributed by atoms with E-state index in [9.17, 15) is 5.26 Å². The Kier molecular flexibility index (Phi) is 5.63. The standard InChI is InChI=1S/C24H19N7/c25-13-16-4-3-5-18(12-16)23-21(17-7-10-28-11-8-17)22(26)20(24(27)31-23)15-29-14-19-6-1-2-9-30-19/h1-12,15H,14H2,(H4,26,27,31). The van der Waals surface area contributed by atoms with Crippen LogP contribution in [0.15, 0.2) is 78.2 Å². The normalized spacial score (nSPS) is 10.8. The molecule has 0 radical (unpaired) electrons. The maximum atomic E-state index is 9.29. The fourth-order valence-electron chi connectivity index (χ4n) is 3.25. The van der Waals surface area contributed by atoms with Crippen LogP contribution >= 0.6 is 0 Å². The first-order valence-corrected chi connectivity index (χ1v) is 9.57. The molecule has 31 heavy (non-hydrogen) atoms. The van der Waals surface area contributed by atoms with E-state index in [2.05, 4.69) is 26.0 Å². The van der Waals surface area contributed by atoms with E-state index in [1.807, 2.05) is 36.4 Å². The first kappa shape index (κ1) is 19.7. The van der Waals surface area contributed by atoms with Gasteiger partial charge in [-0.1, -0.05) is 18.2 Å². The van der Waals surface area contributed by atoms with Gasteiger partial charge >= 0.3 is 0 Å². The molecular weight excluding hydrogens is 386 g/mol. The second-order valence-corrected chi connectivity index (χ2v) is 6.77. The van der Waals surface area contributed by atoms with Crippen LogP contribution in [-0.4, -0.2) is 21.2 Å². The van der Waals surface area contributed by atoms with Crippen molar-refractivity contribution < 1.29 is 0 Å². The Morgan fingerprint density at radius 3 is 2.55 bits per heavy atom. The third-order valence-corrected chi connectivity index (χ3v) is 4.74. The zero-order chi connectivity index (χ0) is 21.6. The molecule has 3 heterocycles. The largest absolute Gasteiger partial charge is 0.398 e. The van der Waals surface area contributed by atoms with Gasteiger partial charge in [0.2, 0.25) is 0 Å². The summed E-state index contributed by atoms with van der Waals surface area (Å²) in [6, 6.07) is 18.7. The van der Waals surface area contributed by atoms with Crippen LogP contribution in [-0.2, 0) is 6.54 Å². The molecule has 0 unspecified atom stereocenters. The van der Waals surface area contributed by atoms with E-state index in [0.29, 0.717) is 34.6 Å². The van der Waals surface area contributed by atoms with Gasteiger partial charge in [0, 0.05) is 35.9 Å². The summed E-state index contributed by atoms with van der Waals surface area (Å²) in [4.78, 5) is 17.5. The highest BCUT2D eigenvalue weighted by atomic mass is 14.9. The van der Waals surface area contributed by atoms with E-state index in [1.165, 1.54) is 0 Å². The number of nitriles is 1. The summed E-state index contributed by atoms with van der Waals surface area (Å²) < 4.78 is 0. The zero-order valence-corrected chi connectivity index (χ0v) is 16.6. The fourth-order valence-corrected chi connectivity index (χ4v) is 3.25. The van der Waals surface area contributed by atoms with Crippen molar-refractivity contribution in [2.24, 2.45) is 4.99 Å². The number of nitrogens with two attached hydrogens (primary N) is 2. The van der Waals surface area contributed by atoms with Crippen LogP contribution in [0.25, 0.3) is 22.4 Å². The van der Waals surface area contributed by atoms with Crippen LogP contribution in [0.5, 0.6) is 0 Å². The monoisotopic (exact) mass is 405 g/mol. The number of nitrogens with zero attached hydrogens (tertiary/aromatic N) is 5. The maximum Gasteiger partial charge on any atom is 0.135 e. The minimum atomic E-state index is 0.262. The van der Waals surface area contributed by atoms with Crippen molar-refractivity contribution in [3.05, 3.63) is 90.0 Å². The Hall–Kier alpha value is -4.57. The van der Waals surface area contributed by atoms with E-state index in [1.54, 1.807) is 43.0 Å². The van der Waals surface area contributed by atoms with Crippen molar-refractivity contribution in [1.82, 2.24) is 15.0 Å². The van der Waals surface area contributed by atoms with Crippen LogP contribution in [0.3, 0.4) is 0 Å². The summed E-state index contributed by atoms with van der Waals surface area (Å²) in [5.41, 5.74) is 18.1. The van der Waals surface area contributed by atoms with Crippen LogP contribution in [0, 0.1) is 11.3 Å². The number of hydrogen-bond donors (Lipinski definition) is 2. The number of aliphatic imine (C=N–C) groups is 1. The lowest BCUT2D eigenvalue weighted by atomic mass is 9.95. The molecule has 7 heteroatoms. The lowest BCUT2D eigenvalue weighted by Crippen LogP contribution is -2.07. The van der Waals surface area contributed by atoms with Crippen LogP contribution in [0.2, 0.25) is 0 Å². The van der Waals surface area contributed by atoms with Crippen molar-refractivity contribution in [2.45, 2.75) is 6.54 Å². The molecule has 0 aliphatic heterocycles. The van der Waals surface area contributed by atoms with E-state index in [0.717, 1.165) is 16.8 Å². The SMILES string of the molecule is N#Cc1cccc(-c2nc(N)c(C=NCc3ccccn3)c(N)c2-c2ccncc2)c1. The molecule has 1 aromatic carbocycles. The second kappa shape index (κ2) is 8.84. The van der Waals surface area contributed by atoms with Crippen LogP contribution in [0.1, 0.15) is 16.8 Å².